The van der Waals surface area contributed by atoms with E-state index in [2.05, 4.69) is 23.3 Å². The zero-order chi connectivity index (χ0) is 13.7. The predicted molar refractivity (Wildman–Crippen MR) is 76.1 cm³/mol. The average molecular weight is 279 g/mol. The number of carbonyl (C=O) groups excluding carboxylic acids is 1. The summed E-state index contributed by atoms with van der Waals surface area (Å²) in [6.07, 6.45) is 0. The number of benzene rings is 1. The van der Waals surface area contributed by atoms with Gasteiger partial charge in [0.1, 0.15) is 11.6 Å². The second-order valence-electron chi connectivity index (χ2n) is 4.21. The molecule has 1 atom stereocenters. The quantitative estimate of drug-likeness (QED) is 0.752. The Labute approximate surface area is 115 Å². The second-order valence-corrected chi connectivity index (χ2v) is 5.28. The molecule has 1 amide bonds. The van der Waals surface area contributed by atoms with Gasteiger partial charge < -0.3 is 15.8 Å². The van der Waals surface area contributed by atoms with Gasteiger partial charge in [0.25, 0.3) is 0 Å². The highest BCUT2D eigenvalue weighted by atomic mass is 32.1. The first kappa shape index (κ1) is 13.9. The molecule has 3 N–H and O–H groups in total. The van der Waals surface area contributed by atoms with E-state index in [0.29, 0.717) is 13.2 Å². The van der Waals surface area contributed by atoms with E-state index in [0.717, 1.165) is 10.5 Å². The highest BCUT2D eigenvalue weighted by Gasteiger charge is 2.10. The molecule has 1 aromatic carbocycles. The number of fused-ring (bicyclic) bond motifs is 1. The molecular weight excluding hydrogens is 262 g/mol. The van der Waals surface area contributed by atoms with Crippen molar-refractivity contribution in [2.24, 2.45) is 5.73 Å². The summed E-state index contributed by atoms with van der Waals surface area (Å²) >= 11 is 1.69. The monoisotopic (exact) mass is 279 g/mol. The van der Waals surface area contributed by atoms with Crippen molar-refractivity contribution in [2.75, 3.05) is 19.8 Å². The molecule has 0 aliphatic carbocycles. The van der Waals surface area contributed by atoms with Crippen LogP contribution in [0.15, 0.2) is 24.3 Å². The molecule has 0 aliphatic rings. The van der Waals surface area contributed by atoms with E-state index >= 15 is 0 Å². The smallest absolute Gasteiger partial charge is 0.243 e. The third-order valence-electron chi connectivity index (χ3n) is 2.62. The number of amides is 1. The van der Waals surface area contributed by atoms with Crippen molar-refractivity contribution in [3.8, 4) is 0 Å². The van der Waals surface area contributed by atoms with Gasteiger partial charge in [0.05, 0.1) is 22.9 Å². The summed E-state index contributed by atoms with van der Waals surface area (Å²) in [5.74, 6) is -0.445. The Balaban J connectivity index is 1.82. The van der Waals surface area contributed by atoms with Gasteiger partial charge in [-0.2, -0.15) is 0 Å². The first-order chi connectivity index (χ1) is 9.16. The first-order valence-electron chi connectivity index (χ1n) is 6.11. The predicted octanol–water partition coefficient (Wildman–Crippen LogP) is 1.45. The summed E-state index contributed by atoms with van der Waals surface area (Å²) in [6.45, 7) is 3.14. The van der Waals surface area contributed by atoms with Gasteiger partial charge in [-0.25, -0.2) is 4.98 Å². The van der Waals surface area contributed by atoms with E-state index in [-0.39, 0.29) is 12.6 Å². The summed E-state index contributed by atoms with van der Waals surface area (Å²) in [6, 6.07) is 8.24. The molecule has 6 heteroatoms. The van der Waals surface area contributed by atoms with Crippen LogP contribution in [0.5, 0.6) is 0 Å². The Kier molecular flexibility index (Phi) is 4.84. The number of ether oxygens (including phenoxy) is 1. The molecule has 0 aliphatic heterocycles. The van der Waals surface area contributed by atoms with Gasteiger partial charge in [0.2, 0.25) is 5.91 Å². The summed E-state index contributed by atoms with van der Waals surface area (Å²) < 4.78 is 6.28. The molecular formula is C13H17N3O2S. The van der Waals surface area contributed by atoms with Gasteiger partial charge in [-0.1, -0.05) is 12.1 Å². The van der Waals surface area contributed by atoms with Gasteiger partial charge in [0, 0.05) is 6.54 Å². The molecule has 0 saturated carbocycles. The Morgan fingerprint density at radius 2 is 2.32 bits per heavy atom. The van der Waals surface area contributed by atoms with E-state index in [4.69, 9.17) is 10.5 Å². The Hall–Kier alpha value is -1.50. The summed E-state index contributed by atoms with van der Waals surface area (Å²) in [5.41, 5.74) is 6.00. The Bertz CT molecular complexity index is 523. The Morgan fingerprint density at radius 1 is 1.53 bits per heavy atom. The third-order valence-corrected chi connectivity index (χ3v) is 3.84. The van der Waals surface area contributed by atoms with Crippen LogP contribution in [0.4, 0.5) is 0 Å². The molecule has 5 nitrogen and oxygen atoms in total. The SMILES string of the molecule is CC(NCCOCC(N)=O)c1nc2ccccc2s1. The molecule has 0 saturated heterocycles. The van der Waals surface area contributed by atoms with Crippen LogP contribution in [0.25, 0.3) is 10.2 Å². The van der Waals surface area contributed by atoms with E-state index in [1.54, 1.807) is 11.3 Å². The van der Waals surface area contributed by atoms with Gasteiger partial charge >= 0.3 is 0 Å². The number of hydrogen-bond donors (Lipinski definition) is 2. The van der Waals surface area contributed by atoms with E-state index < -0.39 is 5.91 Å². The van der Waals surface area contributed by atoms with Crippen molar-refractivity contribution >= 4 is 27.5 Å². The minimum Gasteiger partial charge on any atom is -0.370 e. The van der Waals surface area contributed by atoms with Crippen molar-refractivity contribution in [3.05, 3.63) is 29.3 Å². The van der Waals surface area contributed by atoms with E-state index in [1.165, 1.54) is 4.70 Å². The number of nitrogens with zero attached hydrogens (tertiary/aromatic N) is 1. The standard InChI is InChI=1S/C13H17N3O2S/c1-9(15-6-7-18-8-12(14)17)13-16-10-4-2-3-5-11(10)19-13/h2-5,9,15H,6-8H2,1H3,(H2,14,17). The van der Waals surface area contributed by atoms with Gasteiger partial charge in [-0.05, 0) is 19.1 Å². The first-order valence-corrected chi connectivity index (χ1v) is 6.93. The number of nitrogens with two attached hydrogens (primary N) is 1. The minimum absolute atomic E-state index is 0.0306. The normalized spacial score (nSPS) is 12.7. The highest BCUT2D eigenvalue weighted by Crippen LogP contribution is 2.25. The average Bonchev–Trinajstić information content (AvgIpc) is 2.81. The topological polar surface area (TPSA) is 77.2 Å². The molecule has 0 radical (unpaired) electrons. The molecule has 1 aromatic heterocycles. The lowest BCUT2D eigenvalue weighted by Crippen LogP contribution is -2.25. The molecule has 0 bridgehead atoms. The number of hydrogen-bond acceptors (Lipinski definition) is 5. The second kappa shape index (κ2) is 6.60. The fourth-order valence-electron chi connectivity index (χ4n) is 1.68. The lowest BCUT2D eigenvalue weighted by Gasteiger charge is -2.10. The number of para-hydroxylation sites is 1. The Morgan fingerprint density at radius 3 is 3.05 bits per heavy atom. The zero-order valence-electron chi connectivity index (χ0n) is 10.8. The van der Waals surface area contributed by atoms with Crippen LogP contribution in [-0.2, 0) is 9.53 Å². The molecule has 19 heavy (non-hydrogen) atoms. The fraction of sp³-hybridized carbons (Fsp3) is 0.385. The van der Waals surface area contributed by atoms with Crippen LogP contribution in [0.1, 0.15) is 18.0 Å². The van der Waals surface area contributed by atoms with Crippen LogP contribution in [0, 0.1) is 0 Å². The molecule has 1 heterocycles. The number of aromatic nitrogens is 1. The molecule has 1 unspecified atom stereocenters. The minimum atomic E-state index is -0.445. The van der Waals surface area contributed by atoms with Crippen LogP contribution in [-0.4, -0.2) is 30.6 Å². The summed E-state index contributed by atoms with van der Waals surface area (Å²) in [4.78, 5) is 15.1. The molecule has 0 spiro atoms. The largest absolute Gasteiger partial charge is 0.370 e. The maximum Gasteiger partial charge on any atom is 0.243 e. The molecule has 2 aromatic rings. The fourth-order valence-corrected chi connectivity index (χ4v) is 2.68. The molecule has 0 fully saturated rings. The van der Waals surface area contributed by atoms with Crippen LogP contribution < -0.4 is 11.1 Å². The number of rotatable bonds is 7. The van der Waals surface area contributed by atoms with Crippen molar-refractivity contribution in [1.82, 2.24) is 10.3 Å². The number of carbonyl (C=O) groups is 1. The lowest BCUT2D eigenvalue weighted by molar-refractivity contribution is -0.122. The summed E-state index contributed by atoms with van der Waals surface area (Å²) in [5, 5.41) is 4.36. The number of primary amides is 1. The van der Waals surface area contributed by atoms with Crippen molar-refractivity contribution in [1.29, 1.82) is 0 Å². The van der Waals surface area contributed by atoms with E-state index in [1.807, 2.05) is 18.2 Å². The highest BCUT2D eigenvalue weighted by molar-refractivity contribution is 7.18. The van der Waals surface area contributed by atoms with Crippen molar-refractivity contribution in [3.63, 3.8) is 0 Å². The summed E-state index contributed by atoms with van der Waals surface area (Å²) in [7, 11) is 0. The van der Waals surface area contributed by atoms with Crippen LogP contribution in [0.3, 0.4) is 0 Å². The van der Waals surface area contributed by atoms with Gasteiger partial charge in [-0.3, -0.25) is 4.79 Å². The van der Waals surface area contributed by atoms with Gasteiger partial charge in [0.15, 0.2) is 0 Å². The van der Waals surface area contributed by atoms with Crippen molar-refractivity contribution in [2.45, 2.75) is 13.0 Å². The van der Waals surface area contributed by atoms with E-state index in [9.17, 15) is 4.79 Å². The molecule has 102 valence electrons. The third kappa shape index (κ3) is 3.99. The molecule has 2 rings (SSSR count). The van der Waals surface area contributed by atoms with Crippen molar-refractivity contribution < 1.29 is 9.53 Å². The number of thiazole rings is 1. The van der Waals surface area contributed by atoms with Crippen LogP contribution in [0.2, 0.25) is 0 Å². The van der Waals surface area contributed by atoms with Crippen LogP contribution >= 0.6 is 11.3 Å². The number of nitrogens with one attached hydrogen (secondary N) is 1. The van der Waals surface area contributed by atoms with Gasteiger partial charge in [-0.15, -0.1) is 11.3 Å². The lowest BCUT2D eigenvalue weighted by atomic mass is 10.3. The maximum absolute atomic E-state index is 10.5. The maximum atomic E-state index is 10.5. The zero-order valence-corrected chi connectivity index (χ0v) is 11.6.